The van der Waals surface area contributed by atoms with Crippen molar-refractivity contribution in [2.24, 2.45) is 11.1 Å². The van der Waals surface area contributed by atoms with E-state index in [2.05, 4.69) is 36.5 Å². The summed E-state index contributed by atoms with van der Waals surface area (Å²) in [5.41, 5.74) is 7.99. The number of carbonyl (C=O) groups is 1. The second-order valence-electron chi connectivity index (χ2n) is 5.54. The third-order valence-corrected chi connectivity index (χ3v) is 4.32. The molecule has 3 heteroatoms. The molecule has 3 nitrogen and oxygen atoms in total. The van der Waals surface area contributed by atoms with Gasteiger partial charge in [0.05, 0.1) is 5.41 Å². The van der Waals surface area contributed by atoms with Gasteiger partial charge in [-0.1, -0.05) is 44.0 Å². The van der Waals surface area contributed by atoms with Crippen LogP contribution in [-0.2, 0) is 17.8 Å². The van der Waals surface area contributed by atoms with Crippen LogP contribution in [0.1, 0.15) is 43.7 Å². The van der Waals surface area contributed by atoms with Gasteiger partial charge in [0.25, 0.3) is 0 Å². The van der Waals surface area contributed by atoms with Crippen LogP contribution in [0.4, 0.5) is 0 Å². The molecule has 0 heterocycles. The zero-order valence-electron chi connectivity index (χ0n) is 11.7. The summed E-state index contributed by atoms with van der Waals surface area (Å²) < 4.78 is 0. The van der Waals surface area contributed by atoms with Crippen molar-refractivity contribution in [3.05, 3.63) is 35.4 Å². The minimum absolute atomic E-state index is 0.132. The molecule has 0 atom stereocenters. The van der Waals surface area contributed by atoms with E-state index in [1.807, 2.05) is 0 Å². The van der Waals surface area contributed by atoms with Gasteiger partial charge < -0.3 is 11.1 Å². The Bertz CT molecular complexity index is 419. The Labute approximate surface area is 115 Å². The van der Waals surface area contributed by atoms with Crippen LogP contribution in [0.2, 0.25) is 0 Å². The van der Waals surface area contributed by atoms with Gasteiger partial charge in [0.2, 0.25) is 5.91 Å². The molecule has 0 aliphatic heterocycles. The first-order valence-corrected chi connectivity index (χ1v) is 7.26. The van der Waals surface area contributed by atoms with Gasteiger partial charge in [-0.05, 0) is 30.4 Å². The van der Waals surface area contributed by atoms with E-state index < -0.39 is 0 Å². The average molecular weight is 260 g/mol. The molecule has 0 spiro atoms. The largest absolute Gasteiger partial charge is 0.352 e. The molecule has 0 saturated heterocycles. The first kappa shape index (κ1) is 14.1. The number of carbonyl (C=O) groups excluding carboxylic acids is 1. The average Bonchev–Trinajstić information content (AvgIpc) is 2.95. The lowest BCUT2D eigenvalue weighted by Gasteiger charge is -2.25. The Morgan fingerprint density at radius 3 is 2.32 bits per heavy atom. The van der Waals surface area contributed by atoms with Crippen molar-refractivity contribution >= 4 is 5.91 Å². The molecular weight excluding hydrogens is 236 g/mol. The minimum Gasteiger partial charge on any atom is -0.352 e. The van der Waals surface area contributed by atoms with Crippen molar-refractivity contribution in [1.29, 1.82) is 0 Å². The van der Waals surface area contributed by atoms with Crippen molar-refractivity contribution in [3.63, 3.8) is 0 Å². The molecule has 1 amide bonds. The van der Waals surface area contributed by atoms with Gasteiger partial charge >= 0.3 is 0 Å². The second kappa shape index (κ2) is 6.20. The standard InChI is InChI=1S/C16H24N2O/c1-2-13-5-7-14(8-6-13)11-18-15(19)16(12-17)9-3-4-10-16/h5-8H,2-4,9-12,17H2,1H3,(H,18,19). The van der Waals surface area contributed by atoms with Gasteiger partial charge in [-0.2, -0.15) is 0 Å². The normalized spacial score (nSPS) is 17.4. The van der Waals surface area contributed by atoms with Crippen LogP contribution in [0, 0.1) is 5.41 Å². The van der Waals surface area contributed by atoms with Crippen molar-refractivity contribution in [2.45, 2.75) is 45.6 Å². The maximum Gasteiger partial charge on any atom is 0.227 e. The van der Waals surface area contributed by atoms with Gasteiger partial charge in [-0.25, -0.2) is 0 Å². The molecule has 1 saturated carbocycles. The van der Waals surface area contributed by atoms with Crippen molar-refractivity contribution in [2.75, 3.05) is 6.54 Å². The number of hydrogen-bond acceptors (Lipinski definition) is 2. The van der Waals surface area contributed by atoms with Gasteiger partial charge in [0.1, 0.15) is 0 Å². The SMILES string of the molecule is CCc1ccc(CNC(=O)C2(CN)CCCC2)cc1. The molecule has 1 aliphatic carbocycles. The fourth-order valence-electron chi connectivity index (χ4n) is 2.84. The number of benzene rings is 1. The monoisotopic (exact) mass is 260 g/mol. The number of hydrogen-bond donors (Lipinski definition) is 2. The Morgan fingerprint density at radius 2 is 1.79 bits per heavy atom. The van der Waals surface area contributed by atoms with Crippen LogP contribution in [0.3, 0.4) is 0 Å². The third-order valence-electron chi connectivity index (χ3n) is 4.32. The number of nitrogens with two attached hydrogens (primary N) is 1. The molecule has 0 unspecified atom stereocenters. The lowest BCUT2D eigenvalue weighted by atomic mass is 9.85. The fourth-order valence-corrected chi connectivity index (χ4v) is 2.84. The Balaban J connectivity index is 1.92. The van der Waals surface area contributed by atoms with Crippen molar-refractivity contribution in [1.82, 2.24) is 5.32 Å². The zero-order chi connectivity index (χ0) is 13.7. The summed E-state index contributed by atoms with van der Waals surface area (Å²) in [5, 5.41) is 3.05. The lowest BCUT2D eigenvalue weighted by molar-refractivity contribution is -0.130. The molecule has 1 aromatic rings. The minimum atomic E-state index is -0.302. The topological polar surface area (TPSA) is 55.1 Å². The molecule has 1 fully saturated rings. The predicted molar refractivity (Wildman–Crippen MR) is 77.6 cm³/mol. The molecule has 0 aromatic heterocycles. The molecule has 3 N–H and O–H groups in total. The Kier molecular flexibility index (Phi) is 4.59. The quantitative estimate of drug-likeness (QED) is 0.854. The van der Waals surface area contributed by atoms with Gasteiger partial charge in [0.15, 0.2) is 0 Å². The summed E-state index contributed by atoms with van der Waals surface area (Å²) in [5.74, 6) is 0.132. The predicted octanol–water partition coefficient (Wildman–Crippen LogP) is 2.38. The Morgan fingerprint density at radius 1 is 1.21 bits per heavy atom. The van der Waals surface area contributed by atoms with E-state index in [4.69, 9.17) is 5.73 Å². The highest BCUT2D eigenvalue weighted by Gasteiger charge is 2.39. The molecule has 104 valence electrons. The van der Waals surface area contributed by atoms with E-state index >= 15 is 0 Å². The number of amides is 1. The molecule has 0 bridgehead atoms. The molecule has 1 aromatic carbocycles. The maximum atomic E-state index is 12.3. The van der Waals surface area contributed by atoms with Gasteiger partial charge in [-0.3, -0.25) is 4.79 Å². The first-order valence-electron chi connectivity index (χ1n) is 7.26. The number of nitrogens with one attached hydrogen (secondary N) is 1. The number of rotatable bonds is 5. The summed E-state index contributed by atoms with van der Waals surface area (Å²) in [7, 11) is 0. The smallest absolute Gasteiger partial charge is 0.227 e. The van der Waals surface area contributed by atoms with E-state index in [0.29, 0.717) is 13.1 Å². The molecule has 19 heavy (non-hydrogen) atoms. The molecule has 2 rings (SSSR count). The van der Waals surface area contributed by atoms with Crippen LogP contribution in [0.15, 0.2) is 24.3 Å². The number of aryl methyl sites for hydroxylation is 1. The van der Waals surface area contributed by atoms with E-state index in [1.165, 1.54) is 5.56 Å². The third kappa shape index (κ3) is 3.16. The van der Waals surface area contributed by atoms with Crippen molar-refractivity contribution < 1.29 is 4.79 Å². The van der Waals surface area contributed by atoms with Crippen LogP contribution < -0.4 is 11.1 Å². The fraction of sp³-hybridized carbons (Fsp3) is 0.562. The summed E-state index contributed by atoms with van der Waals surface area (Å²) >= 11 is 0. The highest BCUT2D eigenvalue weighted by molar-refractivity contribution is 5.83. The lowest BCUT2D eigenvalue weighted by Crippen LogP contribution is -2.43. The highest BCUT2D eigenvalue weighted by atomic mass is 16.2. The van der Waals surface area contributed by atoms with E-state index in [1.54, 1.807) is 0 Å². The highest BCUT2D eigenvalue weighted by Crippen LogP contribution is 2.37. The second-order valence-corrected chi connectivity index (χ2v) is 5.54. The van der Waals surface area contributed by atoms with E-state index in [0.717, 1.165) is 37.7 Å². The Hall–Kier alpha value is -1.35. The molecular formula is C16H24N2O. The van der Waals surface area contributed by atoms with Crippen LogP contribution in [0.5, 0.6) is 0 Å². The van der Waals surface area contributed by atoms with Crippen molar-refractivity contribution in [3.8, 4) is 0 Å². The van der Waals surface area contributed by atoms with E-state index in [-0.39, 0.29) is 11.3 Å². The summed E-state index contributed by atoms with van der Waals surface area (Å²) in [6, 6.07) is 8.41. The molecule has 1 aliphatic rings. The van der Waals surface area contributed by atoms with Gasteiger partial charge in [0, 0.05) is 13.1 Å². The van der Waals surface area contributed by atoms with Gasteiger partial charge in [-0.15, -0.1) is 0 Å². The summed E-state index contributed by atoms with van der Waals surface area (Å²) in [6.45, 7) is 3.21. The van der Waals surface area contributed by atoms with Crippen LogP contribution >= 0.6 is 0 Å². The molecule has 0 radical (unpaired) electrons. The zero-order valence-corrected chi connectivity index (χ0v) is 11.7. The van der Waals surface area contributed by atoms with E-state index in [9.17, 15) is 4.79 Å². The summed E-state index contributed by atoms with van der Waals surface area (Å²) in [6.07, 6.45) is 5.16. The summed E-state index contributed by atoms with van der Waals surface area (Å²) in [4.78, 5) is 12.3. The van der Waals surface area contributed by atoms with Crippen LogP contribution in [-0.4, -0.2) is 12.5 Å². The maximum absolute atomic E-state index is 12.3. The van der Waals surface area contributed by atoms with Crippen LogP contribution in [0.25, 0.3) is 0 Å². The first-order chi connectivity index (χ1) is 9.20.